The molecule has 1 saturated carbocycles. The summed E-state index contributed by atoms with van der Waals surface area (Å²) >= 11 is 5.31. The second-order valence-electron chi connectivity index (χ2n) is 10.0. The van der Waals surface area contributed by atoms with E-state index in [0.29, 0.717) is 25.2 Å². The van der Waals surface area contributed by atoms with Crippen LogP contribution in [0.25, 0.3) is 0 Å². The number of ether oxygens (including phenoxy) is 1. The van der Waals surface area contributed by atoms with Crippen LogP contribution in [0.4, 0.5) is 13.2 Å². The molecule has 4 nitrogen and oxygen atoms in total. The number of carbonyl (C=O) groups excluding carboxylic acids is 1. The monoisotopic (exact) mass is 468 g/mol. The number of fused-ring (bicyclic) bond motifs is 3. The number of benzene rings is 1. The van der Waals surface area contributed by atoms with E-state index in [4.69, 9.17) is 17.0 Å². The molecule has 1 N–H and O–H groups in total. The third kappa shape index (κ3) is 3.83. The van der Waals surface area contributed by atoms with E-state index in [1.54, 1.807) is 7.11 Å². The van der Waals surface area contributed by atoms with Gasteiger partial charge in [-0.1, -0.05) is 32.0 Å². The van der Waals surface area contributed by atoms with Crippen molar-refractivity contribution in [2.75, 3.05) is 13.7 Å². The second-order valence-corrected chi connectivity index (χ2v) is 10.4. The molecule has 2 fully saturated rings. The number of nitrogens with zero attached hydrogens (tertiary/aromatic N) is 1. The lowest BCUT2D eigenvalue weighted by Gasteiger charge is -2.46. The van der Waals surface area contributed by atoms with Crippen LogP contribution in [-0.2, 0) is 27.9 Å². The summed E-state index contributed by atoms with van der Waals surface area (Å²) < 4.78 is 45.4. The van der Waals surface area contributed by atoms with Crippen molar-refractivity contribution >= 4 is 23.2 Å². The van der Waals surface area contributed by atoms with Crippen molar-refractivity contribution in [2.45, 2.75) is 76.6 Å². The number of halogens is 3. The summed E-state index contributed by atoms with van der Waals surface area (Å²) in [5.41, 5.74) is 1.20. The Hall–Kier alpha value is -1.67. The van der Waals surface area contributed by atoms with Gasteiger partial charge in [0.1, 0.15) is 6.54 Å². The minimum absolute atomic E-state index is 0.109. The first kappa shape index (κ1) is 23.5. The number of hydrogen-bond acceptors (Lipinski definition) is 3. The van der Waals surface area contributed by atoms with Gasteiger partial charge in [0.15, 0.2) is 10.7 Å². The van der Waals surface area contributed by atoms with Crippen molar-refractivity contribution < 1.29 is 22.7 Å². The minimum atomic E-state index is -4.52. The number of rotatable bonds is 5. The third-order valence-electron chi connectivity index (χ3n) is 7.58. The lowest BCUT2D eigenvalue weighted by atomic mass is 9.61. The van der Waals surface area contributed by atoms with Crippen LogP contribution in [0.2, 0.25) is 0 Å². The first-order valence-electron chi connectivity index (χ1n) is 11.4. The highest BCUT2D eigenvalue weighted by atomic mass is 32.1. The number of alkyl halides is 3. The summed E-state index contributed by atoms with van der Waals surface area (Å²) in [7, 11) is 1.68. The molecule has 1 amide bonds. The zero-order valence-corrected chi connectivity index (χ0v) is 19.7. The molecule has 32 heavy (non-hydrogen) atoms. The largest absolute Gasteiger partial charge is 0.406 e. The molecule has 8 heteroatoms. The summed E-state index contributed by atoms with van der Waals surface area (Å²) in [6, 6.07) is 6.20. The first-order chi connectivity index (χ1) is 15.0. The van der Waals surface area contributed by atoms with E-state index in [1.807, 2.05) is 6.07 Å². The molecular formula is C24H31F3N2O2S. The van der Waals surface area contributed by atoms with Crippen LogP contribution in [0.15, 0.2) is 18.2 Å². The Labute approximate surface area is 192 Å². The van der Waals surface area contributed by atoms with Gasteiger partial charge in [-0.05, 0) is 79.8 Å². The highest BCUT2D eigenvalue weighted by Crippen LogP contribution is 2.60. The van der Waals surface area contributed by atoms with Gasteiger partial charge in [-0.15, -0.1) is 0 Å². The number of nitrogens with one attached hydrogen (secondary N) is 1. The van der Waals surface area contributed by atoms with Crippen LogP contribution in [-0.4, -0.2) is 41.9 Å². The topological polar surface area (TPSA) is 41.6 Å². The van der Waals surface area contributed by atoms with Crippen molar-refractivity contribution in [1.82, 2.24) is 10.2 Å². The highest BCUT2D eigenvalue weighted by Gasteiger charge is 2.67. The maximum atomic E-state index is 13.8. The molecular weight excluding hydrogens is 437 g/mol. The average Bonchev–Trinajstić information content (AvgIpc) is 3.13. The van der Waals surface area contributed by atoms with E-state index in [1.165, 1.54) is 0 Å². The predicted molar refractivity (Wildman–Crippen MR) is 120 cm³/mol. The molecule has 1 heterocycles. The predicted octanol–water partition coefficient (Wildman–Crippen LogP) is 4.88. The number of amides is 1. The third-order valence-corrected chi connectivity index (χ3v) is 7.90. The van der Waals surface area contributed by atoms with Crippen LogP contribution >= 0.6 is 12.2 Å². The lowest BCUT2D eigenvalue weighted by Crippen LogP contribution is -2.57. The average molecular weight is 469 g/mol. The van der Waals surface area contributed by atoms with Crippen molar-refractivity contribution in [3.8, 4) is 0 Å². The summed E-state index contributed by atoms with van der Waals surface area (Å²) in [6.07, 6.45) is 1.06. The maximum absolute atomic E-state index is 13.8. The molecule has 1 unspecified atom stereocenters. The number of thiocarbonyl (C=S) groups is 1. The van der Waals surface area contributed by atoms with Gasteiger partial charge in [0, 0.05) is 12.5 Å². The van der Waals surface area contributed by atoms with Crippen LogP contribution in [0.5, 0.6) is 0 Å². The van der Waals surface area contributed by atoms with Crippen molar-refractivity contribution in [2.24, 2.45) is 11.3 Å². The van der Waals surface area contributed by atoms with Gasteiger partial charge in [0.05, 0.1) is 6.10 Å². The van der Waals surface area contributed by atoms with Crippen LogP contribution in [0.3, 0.4) is 0 Å². The SMILES string of the molecule is COC1CCC2(CC1)Cc1ccc(CCC(C)C)cc1C21NC(=S)N(CC(F)(F)F)C1=O. The quantitative estimate of drug-likeness (QED) is 0.626. The van der Waals surface area contributed by atoms with Crippen molar-refractivity contribution in [3.63, 3.8) is 0 Å². The summed E-state index contributed by atoms with van der Waals surface area (Å²) in [6.45, 7) is 2.96. The lowest BCUT2D eigenvalue weighted by molar-refractivity contribution is -0.157. The second kappa shape index (κ2) is 8.28. The molecule has 176 valence electrons. The first-order valence-corrected chi connectivity index (χ1v) is 11.8. The molecule has 0 aromatic heterocycles. The maximum Gasteiger partial charge on any atom is 0.406 e. The van der Waals surface area contributed by atoms with E-state index < -0.39 is 29.6 Å². The zero-order chi connectivity index (χ0) is 23.3. The fourth-order valence-electron chi connectivity index (χ4n) is 5.89. The number of methoxy groups -OCH3 is 1. The Balaban J connectivity index is 1.78. The molecule has 0 bridgehead atoms. The molecule has 2 aliphatic carbocycles. The number of hydrogen-bond donors (Lipinski definition) is 1. The van der Waals surface area contributed by atoms with Gasteiger partial charge < -0.3 is 10.1 Å². The normalized spacial score (nSPS) is 30.0. The summed E-state index contributed by atoms with van der Waals surface area (Å²) in [4.78, 5) is 14.6. The van der Waals surface area contributed by atoms with E-state index in [-0.39, 0.29) is 11.2 Å². The van der Waals surface area contributed by atoms with Gasteiger partial charge >= 0.3 is 6.18 Å². The van der Waals surface area contributed by atoms with Crippen LogP contribution in [0, 0.1) is 11.3 Å². The van der Waals surface area contributed by atoms with E-state index in [0.717, 1.165) is 47.3 Å². The van der Waals surface area contributed by atoms with E-state index in [2.05, 4.69) is 31.3 Å². The fraction of sp³-hybridized carbons (Fsp3) is 0.667. The smallest absolute Gasteiger partial charge is 0.381 e. The van der Waals surface area contributed by atoms with E-state index >= 15 is 0 Å². The zero-order valence-electron chi connectivity index (χ0n) is 18.8. The molecule has 1 aromatic rings. The Morgan fingerprint density at radius 1 is 1.28 bits per heavy atom. The van der Waals surface area contributed by atoms with Gasteiger partial charge in [-0.3, -0.25) is 9.69 Å². The van der Waals surface area contributed by atoms with Gasteiger partial charge in [0.2, 0.25) is 0 Å². The van der Waals surface area contributed by atoms with Gasteiger partial charge in [0.25, 0.3) is 5.91 Å². The van der Waals surface area contributed by atoms with E-state index in [9.17, 15) is 18.0 Å². The van der Waals surface area contributed by atoms with Gasteiger partial charge in [-0.2, -0.15) is 13.2 Å². The minimum Gasteiger partial charge on any atom is -0.381 e. The summed E-state index contributed by atoms with van der Waals surface area (Å²) in [5.74, 6) is -0.0237. The Morgan fingerprint density at radius 3 is 2.56 bits per heavy atom. The Bertz CT molecular complexity index is 909. The van der Waals surface area contributed by atoms with Crippen LogP contribution < -0.4 is 5.32 Å². The molecule has 0 radical (unpaired) electrons. The molecule has 1 aromatic carbocycles. The molecule has 3 aliphatic rings. The molecule has 1 saturated heterocycles. The standard InChI is InChI=1S/C24H31F3N2O2S/c1-15(2)4-5-16-6-7-17-13-22(10-8-18(31-3)9-11-22)24(19(17)12-16)20(30)29(21(32)28-24)14-23(25,26)27/h6-7,12,15,18H,4-5,8-11,13-14H2,1-3H3,(H,28,32). The molecule has 1 atom stereocenters. The van der Waals surface area contributed by atoms with Crippen molar-refractivity contribution in [3.05, 3.63) is 34.9 Å². The van der Waals surface area contributed by atoms with Crippen molar-refractivity contribution in [1.29, 1.82) is 0 Å². The Kier molecular flexibility index (Phi) is 6.07. The highest BCUT2D eigenvalue weighted by molar-refractivity contribution is 7.80. The van der Waals surface area contributed by atoms with Gasteiger partial charge in [-0.25, -0.2) is 0 Å². The summed E-state index contributed by atoms with van der Waals surface area (Å²) in [5, 5.41) is 3.04. The Morgan fingerprint density at radius 2 is 1.97 bits per heavy atom. The molecule has 4 rings (SSSR count). The number of carbonyl (C=O) groups is 1. The van der Waals surface area contributed by atoms with Crippen LogP contribution in [0.1, 0.15) is 62.6 Å². The molecule has 2 spiro atoms. The number of aryl methyl sites for hydroxylation is 1. The molecule has 1 aliphatic heterocycles. The fourth-order valence-corrected chi connectivity index (χ4v) is 6.19.